The Morgan fingerprint density at radius 2 is 2.15 bits per heavy atom. The molecule has 6 nitrogen and oxygen atoms in total. The molecule has 0 saturated carbocycles. The number of pyridine rings is 1. The van der Waals surface area contributed by atoms with E-state index in [2.05, 4.69) is 22.1 Å². The summed E-state index contributed by atoms with van der Waals surface area (Å²) < 4.78 is 5.34. The minimum Gasteiger partial charge on any atom is -0.497 e. The number of aromatic amines is 1. The van der Waals surface area contributed by atoms with Crippen LogP contribution in [0.15, 0.2) is 48.8 Å². The maximum atomic E-state index is 12.9. The van der Waals surface area contributed by atoms with Crippen LogP contribution in [0.2, 0.25) is 0 Å². The van der Waals surface area contributed by atoms with Gasteiger partial charge in [-0.3, -0.25) is 14.9 Å². The first kappa shape index (κ1) is 16.3. The quantitative estimate of drug-likeness (QED) is 0.767. The van der Waals surface area contributed by atoms with E-state index in [0.29, 0.717) is 12.2 Å². The summed E-state index contributed by atoms with van der Waals surface area (Å²) in [5.74, 6) is 0.740. The van der Waals surface area contributed by atoms with Gasteiger partial charge in [-0.15, -0.1) is 0 Å². The maximum Gasteiger partial charge on any atom is 0.273 e. The summed E-state index contributed by atoms with van der Waals surface area (Å²) in [6.45, 7) is 2.75. The number of H-pyrrole nitrogens is 1. The van der Waals surface area contributed by atoms with Crippen LogP contribution in [-0.2, 0) is 0 Å². The lowest BCUT2D eigenvalue weighted by Gasteiger charge is -2.25. The predicted octanol–water partition coefficient (Wildman–Crippen LogP) is 3.44. The van der Waals surface area contributed by atoms with Gasteiger partial charge in [-0.1, -0.05) is 25.1 Å². The van der Waals surface area contributed by atoms with Crippen LogP contribution in [0.4, 0.5) is 0 Å². The Morgan fingerprint density at radius 1 is 1.27 bits per heavy atom. The zero-order valence-corrected chi connectivity index (χ0v) is 14.8. The number of hydrogen-bond donors (Lipinski definition) is 1. The fraction of sp³-hybridized carbons (Fsp3) is 0.250. The number of nitrogens with one attached hydrogen (secondary N) is 1. The largest absolute Gasteiger partial charge is 0.497 e. The highest BCUT2D eigenvalue weighted by molar-refractivity contribution is 6.00. The number of aromatic nitrogens is 3. The van der Waals surface area contributed by atoms with E-state index < -0.39 is 0 Å². The number of nitrogens with zero attached hydrogens (tertiary/aromatic N) is 3. The zero-order valence-electron chi connectivity index (χ0n) is 14.8. The average Bonchev–Trinajstić information content (AvgIpc) is 3.23. The SMILES string of the molecule is CCCN1C(=O)c2[nH]nc(-c3cccc(OC)c3)c2[C@H]1c1cccnc1. The van der Waals surface area contributed by atoms with Gasteiger partial charge in [0.15, 0.2) is 0 Å². The third-order valence-corrected chi connectivity index (χ3v) is 4.67. The van der Waals surface area contributed by atoms with Crippen LogP contribution in [-0.4, -0.2) is 39.6 Å². The molecule has 1 N–H and O–H groups in total. The van der Waals surface area contributed by atoms with Crippen molar-refractivity contribution in [2.75, 3.05) is 13.7 Å². The molecule has 0 saturated heterocycles. The Bertz CT molecular complexity index is 936. The summed E-state index contributed by atoms with van der Waals surface area (Å²) >= 11 is 0. The summed E-state index contributed by atoms with van der Waals surface area (Å²) in [5.41, 5.74) is 4.15. The van der Waals surface area contributed by atoms with Gasteiger partial charge in [0.2, 0.25) is 0 Å². The molecule has 3 heterocycles. The molecule has 0 bridgehead atoms. The first-order valence-corrected chi connectivity index (χ1v) is 8.68. The van der Waals surface area contributed by atoms with Gasteiger partial charge in [-0.25, -0.2) is 0 Å². The smallest absolute Gasteiger partial charge is 0.273 e. The molecule has 1 aliphatic heterocycles. The molecule has 4 rings (SSSR count). The van der Waals surface area contributed by atoms with E-state index in [9.17, 15) is 4.79 Å². The van der Waals surface area contributed by atoms with Crippen LogP contribution in [0.5, 0.6) is 5.75 Å². The summed E-state index contributed by atoms with van der Waals surface area (Å²) in [7, 11) is 1.64. The molecule has 0 aliphatic carbocycles. The van der Waals surface area contributed by atoms with Gasteiger partial charge in [-0.05, 0) is 30.2 Å². The molecular weight excluding hydrogens is 328 g/mol. The number of hydrogen-bond acceptors (Lipinski definition) is 4. The minimum atomic E-state index is -0.189. The number of fused-ring (bicyclic) bond motifs is 1. The van der Waals surface area contributed by atoms with Crippen molar-refractivity contribution in [3.8, 4) is 17.0 Å². The zero-order chi connectivity index (χ0) is 18.1. The highest BCUT2D eigenvalue weighted by Gasteiger charge is 2.41. The van der Waals surface area contributed by atoms with Gasteiger partial charge in [0.1, 0.15) is 11.4 Å². The molecule has 6 heteroatoms. The Morgan fingerprint density at radius 3 is 2.88 bits per heavy atom. The van der Waals surface area contributed by atoms with Crippen molar-refractivity contribution in [3.05, 3.63) is 65.6 Å². The number of methoxy groups -OCH3 is 1. The van der Waals surface area contributed by atoms with E-state index in [0.717, 1.165) is 34.6 Å². The third-order valence-electron chi connectivity index (χ3n) is 4.67. The number of carbonyl (C=O) groups excluding carboxylic acids is 1. The molecule has 0 fully saturated rings. The molecule has 26 heavy (non-hydrogen) atoms. The second-order valence-corrected chi connectivity index (χ2v) is 6.28. The number of ether oxygens (including phenoxy) is 1. The van der Waals surface area contributed by atoms with Crippen molar-refractivity contribution in [1.29, 1.82) is 0 Å². The normalized spacial score (nSPS) is 16.0. The second kappa shape index (κ2) is 6.63. The summed E-state index contributed by atoms with van der Waals surface area (Å²) in [4.78, 5) is 19.1. The first-order chi connectivity index (χ1) is 12.7. The van der Waals surface area contributed by atoms with Crippen LogP contribution in [0.3, 0.4) is 0 Å². The predicted molar refractivity (Wildman–Crippen MR) is 98.0 cm³/mol. The standard InChI is InChI=1S/C20H20N4O2/c1-3-10-24-19(14-7-5-9-21-12-14)16-17(22-23-18(16)20(24)25)13-6-4-8-15(11-13)26-2/h4-9,11-12,19H,3,10H2,1-2H3,(H,22,23)/t19-/m1/s1. The van der Waals surface area contributed by atoms with Crippen molar-refractivity contribution < 1.29 is 9.53 Å². The Kier molecular flexibility index (Phi) is 4.16. The van der Waals surface area contributed by atoms with Gasteiger partial charge in [0, 0.05) is 30.1 Å². The van der Waals surface area contributed by atoms with Gasteiger partial charge >= 0.3 is 0 Å². The molecule has 2 aromatic heterocycles. The Labute approximate surface area is 151 Å². The number of rotatable bonds is 5. The van der Waals surface area contributed by atoms with E-state index in [1.54, 1.807) is 13.3 Å². The van der Waals surface area contributed by atoms with Crippen LogP contribution in [0, 0.1) is 0 Å². The molecule has 0 spiro atoms. The summed E-state index contributed by atoms with van der Waals surface area (Å²) in [6, 6.07) is 11.4. The number of benzene rings is 1. The number of carbonyl (C=O) groups is 1. The molecule has 1 aromatic carbocycles. The van der Waals surface area contributed by atoms with Crippen LogP contribution in [0.25, 0.3) is 11.3 Å². The van der Waals surface area contributed by atoms with Crippen molar-refractivity contribution in [1.82, 2.24) is 20.1 Å². The molecule has 3 aromatic rings. The molecule has 0 unspecified atom stereocenters. The van der Waals surface area contributed by atoms with Crippen molar-refractivity contribution >= 4 is 5.91 Å². The minimum absolute atomic E-state index is 0.0163. The molecular formula is C20H20N4O2. The van der Waals surface area contributed by atoms with Crippen LogP contribution >= 0.6 is 0 Å². The van der Waals surface area contributed by atoms with Crippen molar-refractivity contribution in [2.24, 2.45) is 0 Å². The number of amides is 1. The fourth-order valence-electron chi connectivity index (χ4n) is 3.54. The topological polar surface area (TPSA) is 71.1 Å². The first-order valence-electron chi connectivity index (χ1n) is 8.68. The van der Waals surface area contributed by atoms with Crippen LogP contribution < -0.4 is 4.74 Å². The third kappa shape index (κ3) is 2.54. The highest BCUT2D eigenvalue weighted by atomic mass is 16.5. The molecule has 1 atom stereocenters. The molecule has 1 amide bonds. The van der Waals surface area contributed by atoms with E-state index >= 15 is 0 Å². The van der Waals surface area contributed by atoms with Crippen LogP contribution in [0.1, 0.15) is 41.0 Å². The summed E-state index contributed by atoms with van der Waals surface area (Å²) in [6.07, 6.45) is 4.44. The average molecular weight is 348 g/mol. The fourth-order valence-corrected chi connectivity index (χ4v) is 3.54. The Hall–Kier alpha value is -3.15. The second-order valence-electron chi connectivity index (χ2n) is 6.28. The molecule has 0 radical (unpaired) electrons. The molecule has 132 valence electrons. The summed E-state index contributed by atoms with van der Waals surface area (Å²) in [5, 5.41) is 7.41. The van der Waals surface area contributed by atoms with Gasteiger partial charge in [0.05, 0.1) is 18.8 Å². The van der Waals surface area contributed by atoms with E-state index in [1.165, 1.54) is 0 Å². The monoisotopic (exact) mass is 348 g/mol. The Balaban J connectivity index is 1.88. The van der Waals surface area contributed by atoms with Crippen molar-refractivity contribution in [2.45, 2.75) is 19.4 Å². The van der Waals surface area contributed by atoms with E-state index in [1.807, 2.05) is 47.5 Å². The van der Waals surface area contributed by atoms with Gasteiger partial charge in [0.25, 0.3) is 5.91 Å². The lowest BCUT2D eigenvalue weighted by Crippen LogP contribution is -2.30. The lowest BCUT2D eigenvalue weighted by molar-refractivity contribution is 0.0744. The molecule has 1 aliphatic rings. The van der Waals surface area contributed by atoms with Crippen molar-refractivity contribution in [3.63, 3.8) is 0 Å². The highest BCUT2D eigenvalue weighted by Crippen LogP contribution is 2.42. The van der Waals surface area contributed by atoms with E-state index in [-0.39, 0.29) is 11.9 Å². The maximum absolute atomic E-state index is 12.9. The lowest BCUT2D eigenvalue weighted by atomic mass is 9.97. The van der Waals surface area contributed by atoms with Gasteiger partial charge in [-0.2, -0.15) is 5.10 Å². The van der Waals surface area contributed by atoms with Gasteiger partial charge < -0.3 is 9.64 Å². The van der Waals surface area contributed by atoms with E-state index in [4.69, 9.17) is 4.74 Å².